The van der Waals surface area contributed by atoms with Crippen molar-refractivity contribution in [1.29, 1.82) is 0 Å². The standard InChI is InChI=1S/C16H22ClNOS2/c1-10(14-7-11-2-3-12(14)6-11)18-16(19)9-20-8-13-4-5-15(17)21-13/h4-5,10-12,14H,2-3,6-9H2,1H3,(H,18,19). The smallest absolute Gasteiger partial charge is 0.230 e. The SMILES string of the molecule is CC(NC(=O)CSCc1ccc(Cl)s1)C1CC2CCC1C2. The molecule has 2 nitrogen and oxygen atoms in total. The molecular formula is C16H22ClNOS2. The molecule has 21 heavy (non-hydrogen) atoms. The van der Waals surface area contributed by atoms with Gasteiger partial charge in [-0.3, -0.25) is 4.79 Å². The maximum Gasteiger partial charge on any atom is 0.230 e. The third-order valence-corrected chi connectivity index (χ3v) is 7.33. The van der Waals surface area contributed by atoms with Crippen molar-refractivity contribution in [2.75, 3.05) is 5.75 Å². The highest BCUT2D eigenvalue weighted by atomic mass is 35.5. The van der Waals surface area contributed by atoms with Gasteiger partial charge in [-0.1, -0.05) is 18.0 Å². The molecule has 4 unspecified atom stereocenters. The second-order valence-electron chi connectivity index (χ2n) is 6.39. The predicted molar refractivity (Wildman–Crippen MR) is 92.0 cm³/mol. The molecular weight excluding hydrogens is 322 g/mol. The largest absolute Gasteiger partial charge is 0.353 e. The van der Waals surface area contributed by atoms with Crippen LogP contribution in [0.25, 0.3) is 0 Å². The number of carbonyl (C=O) groups is 1. The van der Waals surface area contributed by atoms with Gasteiger partial charge in [-0.25, -0.2) is 0 Å². The summed E-state index contributed by atoms with van der Waals surface area (Å²) in [6, 6.07) is 4.29. The highest BCUT2D eigenvalue weighted by Crippen LogP contribution is 2.49. The van der Waals surface area contributed by atoms with E-state index in [1.54, 1.807) is 23.1 Å². The molecule has 2 saturated carbocycles. The van der Waals surface area contributed by atoms with Crippen LogP contribution in [0.5, 0.6) is 0 Å². The van der Waals surface area contributed by atoms with E-state index >= 15 is 0 Å². The van der Waals surface area contributed by atoms with Crippen molar-refractivity contribution in [3.05, 3.63) is 21.3 Å². The quantitative estimate of drug-likeness (QED) is 0.819. The summed E-state index contributed by atoms with van der Waals surface area (Å²) in [5, 5.41) is 3.22. The minimum Gasteiger partial charge on any atom is -0.353 e. The molecule has 0 aliphatic heterocycles. The molecule has 0 saturated heterocycles. The number of carbonyl (C=O) groups excluding carboxylic acids is 1. The fraction of sp³-hybridized carbons (Fsp3) is 0.688. The van der Waals surface area contributed by atoms with E-state index < -0.39 is 0 Å². The number of fused-ring (bicyclic) bond motifs is 2. The predicted octanol–water partition coefficient (Wildman–Crippen LogP) is 4.58. The minimum absolute atomic E-state index is 0.179. The third-order valence-electron chi connectivity index (χ3n) is 4.93. The van der Waals surface area contributed by atoms with Crippen molar-refractivity contribution in [3.63, 3.8) is 0 Å². The van der Waals surface area contributed by atoms with Crippen molar-refractivity contribution >= 4 is 40.6 Å². The lowest BCUT2D eigenvalue weighted by atomic mass is 9.84. The number of hydrogen-bond donors (Lipinski definition) is 1. The Morgan fingerprint density at radius 3 is 2.95 bits per heavy atom. The molecule has 1 aromatic heterocycles. The van der Waals surface area contributed by atoms with Crippen LogP contribution in [0.1, 0.15) is 37.5 Å². The van der Waals surface area contributed by atoms with Crippen molar-refractivity contribution in [1.82, 2.24) is 5.32 Å². The fourth-order valence-corrected chi connectivity index (χ4v) is 6.02. The molecule has 2 aliphatic carbocycles. The maximum atomic E-state index is 12.1. The van der Waals surface area contributed by atoms with E-state index in [1.165, 1.54) is 30.6 Å². The van der Waals surface area contributed by atoms with Gasteiger partial charge in [0, 0.05) is 16.7 Å². The number of nitrogens with one attached hydrogen (secondary N) is 1. The lowest BCUT2D eigenvalue weighted by Crippen LogP contribution is -2.40. The lowest BCUT2D eigenvalue weighted by molar-refractivity contribution is -0.119. The fourth-order valence-electron chi connectivity index (χ4n) is 3.98. The number of halogens is 1. The molecule has 3 rings (SSSR count). The minimum atomic E-state index is 0.179. The Morgan fingerprint density at radius 2 is 2.33 bits per heavy atom. The first kappa shape index (κ1) is 15.7. The molecule has 0 spiro atoms. The number of hydrogen-bond acceptors (Lipinski definition) is 3. The lowest BCUT2D eigenvalue weighted by Gasteiger charge is -2.28. The molecule has 1 heterocycles. The Labute approximate surface area is 140 Å². The molecule has 1 N–H and O–H groups in total. The van der Waals surface area contributed by atoms with Gasteiger partial charge in [-0.15, -0.1) is 23.1 Å². The summed E-state index contributed by atoms with van der Waals surface area (Å²) >= 11 is 9.17. The molecule has 2 fully saturated rings. The van der Waals surface area contributed by atoms with Crippen LogP contribution >= 0.6 is 34.7 Å². The molecule has 2 aliphatic rings. The van der Waals surface area contributed by atoms with Gasteiger partial charge in [-0.2, -0.15) is 0 Å². The number of rotatable bonds is 6. The van der Waals surface area contributed by atoms with Crippen molar-refractivity contribution in [2.24, 2.45) is 17.8 Å². The second-order valence-corrected chi connectivity index (χ2v) is 9.18. The molecule has 1 aromatic rings. The van der Waals surface area contributed by atoms with Crippen LogP contribution in [-0.4, -0.2) is 17.7 Å². The van der Waals surface area contributed by atoms with Crippen molar-refractivity contribution in [2.45, 2.75) is 44.4 Å². The monoisotopic (exact) mass is 343 g/mol. The van der Waals surface area contributed by atoms with Crippen LogP contribution in [-0.2, 0) is 10.5 Å². The normalized spacial score (nSPS) is 28.8. The molecule has 0 radical (unpaired) electrons. The second kappa shape index (κ2) is 6.93. The highest BCUT2D eigenvalue weighted by Gasteiger charge is 2.42. The van der Waals surface area contributed by atoms with Gasteiger partial charge < -0.3 is 5.32 Å². The molecule has 4 atom stereocenters. The first-order valence-corrected chi connectivity index (χ1v) is 10.1. The Balaban J connectivity index is 1.38. The molecule has 1 amide bonds. The maximum absolute atomic E-state index is 12.1. The Morgan fingerprint density at radius 1 is 1.48 bits per heavy atom. The van der Waals surface area contributed by atoms with E-state index in [1.807, 2.05) is 12.1 Å². The zero-order valence-corrected chi connectivity index (χ0v) is 14.7. The van der Waals surface area contributed by atoms with Crippen LogP contribution in [0.2, 0.25) is 4.34 Å². The summed E-state index contributed by atoms with van der Waals surface area (Å²) in [6.45, 7) is 2.19. The Hall–Kier alpha value is -0.190. The van der Waals surface area contributed by atoms with Gasteiger partial charge in [0.25, 0.3) is 0 Å². The summed E-state index contributed by atoms with van der Waals surface area (Å²) < 4.78 is 0.819. The van der Waals surface area contributed by atoms with Gasteiger partial charge in [-0.05, 0) is 56.1 Å². The number of thiophene rings is 1. The van der Waals surface area contributed by atoms with Gasteiger partial charge in [0.1, 0.15) is 0 Å². The summed E-state index contributed by atoms with van der Waals surface area (Å²) in [5.74, 6) is 4.11. The Kier molecular flexibility index (Phi) is 5.18. The molecule has 2 bridgehead atoms. The average molecular weight is 344 g/mol. The van der Waals surface area contributed by atoms with E-state index in [2.05, 4.69) is 12.2 Å². The van der Waals surface area contributed by atoms with Crippen LogP contribution in [0, 0.1) is 17.8 Å². The third kappa shape index (κ3) is 3.96. The zero-order valence-electron chi connectivity index (χ0n) is 12.3. The van der Waals surface area contributed by atoms with Crippen LogP contribution < -0.4 is 5.32 Å². The van der Waals surface area contributed by atoms with E-state index in [0.717, 1.165) is 21.9 Å². The number of amides is 1. The molecule has 5 heteroatoms. The molecule has 0 aromatic carbocycles. The summed E-state index contributed by atoms with van der Waals surface area (Å²) in [4.78, 5) is 13.3. The van der Waals surface area contributed by atoms with Crippen LogP contribution in [0.15, 0.2) is 12.1 Å². The highest BCUT2D eigenvalue weighted by molar-refractivity contribution is 7.99. The zero-order chi connectivity index (χ0) is 14.8. The van der Waals surface area contributed by atoms with E-state index in [9.17, 15) is 4.79 Å². The van der Waals surface area contributed by atoms with Gasteiger partial charge in [0.15, 0.2) is 0 Å². The first-order valence-electron chi connectivity index (χ1n) is 7.73. The number of thioether (sulfide) groups is 1. The van der Waals surface area contributed by atoms with E-state index in [4.69, 9.17) is 11.6 Å². The summed E-state index contributed by atoms with van der Waals surface area (Å²) in [6.07, 6.45) is 5.52. The first-order chi connectivity index (χ1) is 10.1. The van der Waals surface area contributed by atoms with Crippen molar-refractivity contribution in [3.8, 4) is 0 Å². The molecule has 116 valence electrons. The van der Waals surface area contributed by atoms with Crippen LogP contribution in [0.3, 0.4) is 0 Å². The summed E-state index contributed by atoms with van der Waals surface area (Å²) in [5.41, 5.74) is 0. The topological polar surface area (TPSA) is 29.1 Å². The van der Waals surface area contributed by atoms with E-state index in [0.29, 0.717) is 17.7 Å². The van der Waals surface area contributed by atoms with E-state index in [-0.39, 0.29) is 5.91 Å². The van der Waals surface area contributed by atoms with Gasteiger partial charge in [0.05, 0.1) is 10.1 Å². The summed E-state index contributed by atoms with van der Waals surface area (Å²) in [7, 11) is 0. The Bertz CT molecular complexity index is 504. The van der Waals surface area contributed by atoms with Gasteiger partial charge in [0.2, 0.25) is 5.91 Å². The van der Waals surface area contributed by atoms with Crippen molar-refractivity contribution < 1.29 is 4.79 Å². The van der Waals surface area contributed by atoms with Crippen LogP contribution in [0.4, 0.5) is 0 Å². The average Bonchev–Trinajstić information content (AvgIpc) is 3.15. The van der Waals surface area contributed by atoms with Gasteiger partial charge >= 0.3 is 0 Å².